The molecule has 0 spiro atoms. The van der Waals surface area contributed by atoms with Gasteiger partial charge in [0.1, 0.15) is 5.75 Å². The van der Waals surface area contributed by atoms with E-state index in [-0.39, 0.29) is 5.91 Å². The van der Waals surface area contributed by atoms with Gasteiger partial charge >= 0.3 is 0 Å². The van der Waals surface area contributed by atoms with Crippen molar-refractivity contribution in [3.63, 3.8) is 0 Å². The molecule has 2 rings (SSSR count). The number of hydrogen-bond acceptors (Lipinski definition) is 3. The fourth-order valence-electron chi connectivity index (χ4n) is 2.22. The largest absolute Gasteiger partial charge is 0.497 e. The van der Waals surface area contributed by atoms with Gasteiger partial charge in [0.2, 0.25) is 5.91 Å². The lowest BCUT2D eigenvalue weighted by molar-refractivity contribution is -0.131. The van der Waals surface area contributed by atoms with Crippen LogP contribution in [-0.2, 0) is 11.2 Å². The monoisotopic (exact) mass is 262 g/mol. The summed E-state index contributed by atoms with van der Waals surface area (Å²) in [5.41, 5.74) is 6.73. The van der Waals surface area contributed by atoms with Gasteiger partial charge in [-0.15, -0.1) is 0 Å². The maximum absolute atomic E-state index is 12.2. The van der Waals surface area contributed by atoms with Crippen LogP contribution in [0.4, 0.5) is 0 Å². The van der Waals surface area contributed by atoms with E-state index < -0.39 is 0 Å². The van der Waals surface area contributed by atoms with Gasteiger partial charge in [0.25, 0.3) is 0 Å². The van der Waals surface area contributed by atoms with Crippen LogP contribution in [0.3, 0.4) is 0 Å². The van der Waals surface area contributed by atoms with Crippen molar-refractivity contribution in [2.45, 2.75) is 31.7 Å². The number of aryl methyl sites for hydroxylation is 1. The number of nitrogens with zero attached hydrogens (tertiary/aromatic N) is 1. The molecule has 4 nitrogen and oxygen atoms in total. The van der Waals surface area contributed by atoms with Crippen LogP contribution in [0.1, 0.15) is 24.8 Å². The topological polar surface area (TPSA) is 55.6 Å². The lowest BCUT2D eigenvalue weighted by Crippen LogP contribution is -2.37. The molecule has 1 aliphatic rings. The molecule has 104 valence electrons. The van der Waals surface area contributed by atoms with E-state index in [2.05, 4.69) is 0 Å². The molecule has 4 heteroatoms. The van der Waals surface area contributed by atoms with Crippen LogP contribution in [0.25, 0.3) is 0 Å². The summed E-state index contributed by atoms with van der Waals surface area (Å²) in [5, 5.41) is 0. The SMILES string of the molecule is COc1ccc(CCC(=O)N(CCN)C2CC2)cc1. The molecule has 2 N–H and O–H groups in total. The molecule has 0 unspecified atom stereocenters. The predicted molar refractivity (Wildman–Crippen MR) is 75.1 cm³/mol. The molecule has 19 heavy (non-hydrogen) atoms. The van der Waals surface area contributed by atoms with Gasteiger partial charge in [-0.05, 0) is 37.0 Å². The molecule has 1 aromatic carbocycles. The summed E-state index contributed by atoms with van der Waals surface area (Å²) in [6.07, 6.45) is 3.60. The van der Waals surface area contributed by atoms with E-state index >= 15 is 0 Å². The Morgan fingerprint density at radius 3 is 2.58 bits per heavy atom. The number of nitrogens with two attached hydrogens (primary N) is 1. The number of carbonyl (C=O) groups excluding carboxylic acids is 1. The maximum Gasteiger partial charge on any atom is 0.223 e. The Kier molecular flexibility index (Phi) is 4.80. The highest BCUT2D eigenvalue weighted by molar-refractivity contribution is 5.77. The summed E-state index contributed by atoms with van der Waals surface area (Å²) in [6.45, 7) is 1.23. The Balaban J connectivity index is 1.84. The van der Waals surface area contributed by atoms with Gasteiger partial charge < -0.3 is 15.4 Å². The number of rotatable bonds is 7. The second-order valence-corrected chi connectivity index (χ2v) is 4.96. The third kappa shape index (κ3) is 3.96. The Morgan fingerprint density at radius 2 is 2.05 bits per heavy atom. The van der Waals surface area contributed by atoms with E-state index in [1.165, 1.54) is 0 Å². The lowest BCUT2D eigenvalue weighted by atomic mass is 10.1. The molecule has 1 amide bonds. The number of ether oxygens (including phenoxy) is 1. The van der Waals surface area contributed by atoms with Gasteiger partial charge in [-0.25, -0.2) is 0 Å². The first kappa shape index (κ1) is 13.9. The first-order valence-electron chi connectivity index (χ1n) is 6.87. The second-order valence-electron chi connectivity index (χ2n) is 4.96. The fourth-order valence-corrected chi connectivity index (χ4v) is 2.22. The Bertz CT molecular complexity index is 413. The molecule has 0 atom stereocenters. The summed E-state index contributed by atoms with van der Waals surface area (Å²) in [5.74, 6) is 1.07. The summed E-state index contributed by atoms with van der Waals surface area (Å²) < 4.78 is 5.12. The zero-order valence-corrected chi connectivity index (χ0v) is 11.5. The molecule has 0 radical (unpaired) electrons. The van der Waals surface area contributed by atoms with Gasteiger partial charge in [0.15, 0.2) is 0 Å². The van der Waals surface area contributed by atoms with Gasteiger partial charge in [-0.3, -0.25) is 4.79 Å². The van der Waals surface area contributed by atoms with Crippen molar-refractivity contribution in [1.29, 1.82) is 0 Å². The van der Waals surface area contributed by atoms with Crippen molar-refractivity contribution in [2.75, 3.05) is 20.2 Å². The van der Waals surface area contributed by atoms with Crippen molar-refractivity contribution >= 4 is 5.91 Å². The Labute approximate surface area is 114 Å². The van der Waals surface area contributed by atoms with Gasteiger partial charge in [-0.1, -0.05) is 12.1 Å². The van der Waals surface area contributed by atoms with E-state index in [9.17, 15) is 4.79 Å². The molecule has 1 fully saturated rings. The fraction of sp³-hybridized carbons (Fsp3) is 0.533. The van der Waals surface area contributed by atoms with Gasteiger partial charge in [0, 0.05) is 25.6 Å². The minimum absolute atomic E-state index is 0.226. The van der Waals surface area contributed by atoms with Gasteiger partial charge in [-0.2, -0.15) is 0 Å². The van der Waals surface area contributed by atoms with Crippen molar-refractivity contribution in [3.05, 3.63) is 29.8 Å². The standard InChI is InChI=1S/C15H22N2O2/c1-19-14-7-2-12(3-8-14)4-9-15(18)17(11-10-16)13-5-6-13/h2-3,7-8,13H,4-6,9-11,16H2,1H3. The molecule has 1 saturated carbocycles. The number of methoxy groups -OCH3 is 1. The average molecular weight is 262 g/mol. The molecule has 0 heterocycles. The number of amides is 1. The first-order valence-corrected chi connectivity index (χ1v) is 6.87. The van der Waals surface area contributed by atoms with Gasteiger partial charge in [0.05, 0.1) is 7.11 Å². The third-order valence-electron chi connectivity index (χ3n) is 3.46. The highest BCUT2D eigenvalue weighted by Gasteiger charge is 2.31. The van der Waals surface area contributed by atoms with Crippen molar-refractivity contribution in [3.8, 4) is 5.75 Å². The summed E-state index contributed by atoms with van der Waals surface area (Å²) in [7, 11) is 1.65. The molecule has 0 aliphatic heterocycles. The zero-order valence-electron chi connectivity index (χ0n) is 11.5. The smallest absolute Gasteiger partial charge is 0.223 e. The molecular weight excluding hydrogens is 240 g/mol. The minimum atomic E-state index is 0.226. The van der Waals surface area contributed by atoms with Crippen molar-refractivity contribution < 1.29 is 9.53 Å². The number of hydrogen-bond donors (Lipinski definition) is 1. The molecule has 0 aromatic heterocycles. The first-order chi connectivity index (χ1) is 9.24. The highest BCUT2D eigenvalue weighted by atomic mass is 16.5. The van der Waals surface area contributed by atoms with E-state index in [0.29, 0.717) is 25.6 Å². The molecule has 0 bridgehead atoms. The lowest BCUT2D eigenvalue weighted by Gasteiger charge is -2.21. The van der Waals surface area contributed by atoms with Crippen LogP contribution in [0.15, 0.2) is 24.3 Å². The van der Waals surface area contributed by atoms with Crippen LogP contribution in [0, 0.1) is 0 Å². The molecule has 1 aliphatic carbocycles. The molecule has 1 aromatic rings. The van der Waals surface area contributed by atoms with Crippen LogP contribution in [-0.4, -0.2) is 37.0 Å². The maximum atomic E-state index is 12.2. The second kappa shape index (κ2) is 6.57. The van der Waals surface area contributed by atoms with E-state index in [4.69, 9.17) is 10.5 Å². The van der Waals surface area contributed by atoms with Crippen molar-refractivity contribution in [2.24, 2.45) is 5.73 Å². The quantitative estimate of drug-likeness (QED) is 0.811. The summed E-state index contributed by atoms with van der Waals surface area (Å²) >= 11 is 0. The Morgan fingerprint density at radius 1 is 1.37 bits per heavy atom. The summed E-state index contributed by atoms with van der Waals surface area (Å²) in [6, 6.07) is 8.33. The molecular formula is C15H22N2O2. The van der Waals surface area contributed by atoms with E-state index in [1.807, 2.05) is 29.2 Å². The third-order valence-corrected chi connectivity index (χ3v) is 3.46. The van der Waals surface area contributed by atoms with Crippen LogP contribution >= 0.6 is 0 Å². The van der Waals surface area contributed by atoms with Crippen molar-refractivity contribution in [1.82, 2.24) is 4.90 Å². The summed E-state index contributed by atoms with van der Waals surface area (Å²) in [4.78, 5) is 14.1. The number of carbonyl (C=O) groups is 1. The van der Waals surface area contributed by atoms with Crippen LogP contribution < -0.4 is 10.5 Å². The normalized spacial score (nSPS) is 14.2. The molecule has 0 saturated heterocycles. The number of benzene rings is 1. The van der Waals surface area contributed by atoms with E-state index in [1.54, 1.807) is 7.11 Å². The van der Waals surface area contributed by atoms with E-state index in [0.717, 1.165) is 30.6 Å². The highest BCUT2D eigenvalue weighted by Crippen LogP contribution is 2.27. The van der Waals surface area contributed by atoms with Crippen LogP contribution in [0.2, 0.25) is 0 Å². The minimum Gasteiger partial charge on any atom is -0.497 e. The predicted octanol–water partition coefficient (Wildman–Crippen LogP) is 1.58. The average Bonchev–Trinajstić information content (AvgIpc) is 3.27. The zero-order chi connectivity index (χ0) is 13.7. The van der Waals surface area contributed by atoms with Crippen LogP contribution in [0.5, 0.6) is 5.75 Å². The Hall–Kier alpha value is -1.55.